The predicted molar refractivity (Wildman–Crippen MR) is 154 cm³/mol. The summed E-state index contributed by atoms with van der Waals surface area (Å²) in [6.45, 7) is 8.19. The fourth-order valence-electron chi connectivity index (χ4n) is 4.99. The third kappa shape index (κ3) is 5.84. The number of nitrogens with zero attached hydrogens (tertiary/aromatic N) is 5. The number of benzene rings is 2. The van der Waals surface area contributed by atoms with Gasteiger partial charge in [0.15, 0.2) is 5.82 Å². The molecule has 2 aromatic carbocycles. The Morgan fingerprint density at radius 1 is 1.07 bits per heavy atom. The molecule has 40 heavy (non-hydrogen) atoms. The highest BCUT2D eigenvalue weighted by Gasteiger charge is 2.29. The zero-order valence-electron chi connectivity index (χ0n) is 22.7. The van der Waals surface area contributed by atoms with Gasteiger partial charge >= 0.3 is 0 Å². The van der Waals surface area contributed by atoms with E-state index in [0.717, 1.165) is 17.7 Å². The molecule has 208 valence electrons. The van der Waals surface area contributed by atoms with Crippen LogP contribution in [0.15, 0.2) is 67.5 Å². The van der Waals surface area contributed by atoms with Crippen molar-refractivity contribution < 1.29 is 19.2 Å². The molecule has 2 N–H and O–H groups in total. The van der Waals surface area contributed by atoms with Gasteiger partial charge in [0.25, 0.3) is 0 Å². The maximum absolute atomic E-state index is 12.3. The molecule has 5 rings (SSSR count). The first-order valence-corrected chi connectivity index (χ1v) is 13.2. The molecule has 1 atom stereocenters. The summed E-state index contributed by atoms with van der Waals surface area (Å²) in [6.07, 6.45) is 3.56. The third-order valence-corrected chi connectivity index (χ3v) is 7.06. The van der Waals surface area contributed by atoms with Gasteiger partial charge in [-0.3, -0.25) is 14.4 Å². The molecule has 3 heterocycles. The summed E-state index contributed by atoms with van der Waals surface area (Å²) >= 11 is 0. The van der Waals surface area contributed by atoms with Crippen molar-refractivity contribution in [3.63, 3.8) is 0 Å². The van der Waals surface area contributed by atoms with E-state index in [1.54, 1.807) is 14.0 Å². The molecule has 0 radical (unpaired) electrons. The van der Waals surface area contributed by atoms with Crippen molar-refractivity contribution in [1.82, 2.24) is 14.9 Å². The van der Waals surface area contributed by atoms with E-state index < -0.39 is 0 Å². The van der Waals surface area contributed by atoms with Crippen LogP contribution < -0.4 is 25.3 Å². The molecule has 1 aromatic heterocycles. The zero-order chi connectivity index (χ0) is 28.1. The lowest BCUT2D eigenvalue weighted by Crippen LogP contribution is -2.48. The number of ether oxygens (including phenoxy) is 1. The van der Waals surface area contributed by atoms with E-state index in [0.29, 0.717) is 61.5 Å². The summed E-state index contributed by atoms with van der Waals surface area (Å²) in [6, 6.07) is 15.7. The van der Waals surface area contributed by atoms with E-state index in [2.05, 4.69) is 44.2 Å². The van der Waals surface area contributed by atoms with Gasteiger partial charge in [0.05, 0.1) is 36.8 Å². The minimum Gasteiger partial charge on any atom is -0.494 e. The summed E-state index contributed by atoms with van der Waals surface area (Å²) in [7, 11) is 1.59. The lowest BCUT2D eigenvalue weighted by Gasteiger charge is -2.36. The Morgan fingerprint density at radius 3 is 2.55 bits per heavy atom. The summed E-state index contributed by atoms with van der Waals surface area (Å²) in [5.74, 6) is 1.45. The maximum Gasteiger partial charge on any atom is 0.247 e. The van der Waals surface area contributed by atoms with Crippen LogP contribution in [0.4, 0.5) is 28.7 Å². The van der Waals surface area contributed by atoms with E-state index in [-0.39, 0.29) is 17.9 Å². The van der Waals surface area contributed by atoms with Gasteiger partial charge in [0.1, 0.15) is 17.9 Å². The molecule has 0 bridgehead atoms. The number of hydrogen-bond donors (Lipinski definition) is 2. The van der Waals surface area contributed by atoms with Crippen molar-refractivity contribution in [2.45, 2.75) is 19.4 Å². The number of anilines is 5. The molecule has 2 fully saturated rings. The van der Waals surface area contributed by atoms with Crippen molar-refractivity contribution in [2.24, 2.45) is 0 Å². The lowest BCUT2D eigenvalue weighted by atomic mass is 10.0. The second kappa shape index (κ2) is 12.0. The second-order valence-electron chi connectivity index (χ2n) is 9.52. The summed E-state index contributed by atoms with van der Waals surface area (Å²) in [4.78, 5) is 42.9. The van der Waals surface area contributed by atoms with Gasteiger partial charge < -0.3 is 25.2 Å². The van der Waals surface area contributed by atoms with Crippen LogP contribution in [0.25, 0.3) is 0 Å². The molecule has 11 heteroatoms. The first kappa shape index (κ1) is 26.9. The summed E-state index contributed by atoms with van der Waals surface area (Å²) in [5.41, 5.74) is 3.14. The van der Waals surface area contributed by atoms with E-state index in [4.69, 9.17) is 9.57 Å². The van der Waals surface area contributed by atoms with Gasteiger partial charge in [0.2, 0.25) is 11.8 Å². The normalized spacial score (nSPS) is 16.9. The quantitative estimate of drug-likeness (QED) is 0.409. The van der Waals surface area contributed by atoms with Crippen LogP contribution in [-0.4, -0.2) is 66.6 Å². The lowest BCUT2D eigenvalue weighted by molar-refractivity contribution is -0.129. The molecule has 11 nitrogen and oxygen atoms in total. The SMILES string of the molecule is C=CC(=O)Nc1cc(Nc2cc(N3OCC[C@@H]3c3ccccc3)ncn2)c(OC)cc1N1CCN(C(C)=O)CC1. The standard InChI is InChI=1S/C29H33N7O4/c1-4-29(38)33-22-16-23(26(39-3)17-25(22)35-13-11-34(12-14-35)20(2)37)32-27-18-28(31-19-30-27)36-24(10-15-40-36)21-8-6-5-7-9-21/h4-9,16-19,24H,1,10-15H2,2-3H3,(H,33,38)(H,30,31,32)/t24-/m1/s1. The van der Waals surface area contributed by atoms with Gasteiger partial charge in [-0.25, -0.2) is 15.0 Å². The van der Waals surface area contributed by atoms with Gasteiger partial charge in [-0.05, 0) is 17.7 Å². The zero-order valence-corrected chi connectivity index (χ0v) is 22.7. The number of carbonyl (C=O) groups is 2. The fourth-order valence-corrected chi connectivity index (χ4v) is 4.99. The topological polar surface area (TPSA) is 112 Å². The third-order valence-electron chi connectivity index (χ3n) is 7.06. The Kier molecular flexibility index (Phi) is 8.11. The van der Waals surface area contributed by atoms with E-state index >= 15 is 0 Å². The number of methoxy groups -OCH3 is 1. The van der Waals surface area contributed by atoms with Crippen LogP contribution in [0.3, 0.4) is 0 Å². The maximum atomic E-state index is 12.3. The smallest absolute Gasteiger partial charge is 0.247 e. The molecule has 3 aromatic rings. The monoisotopic (exact) mass is 543 g/mol. The molecular weight excluding hydrogens is 510 g/mol. The number of nitrogens with one attached hydrogen (secondary N) is 2. The van der Waals surface area contributed by atoms with Gasteiger partial charge in [-0.2, -0.15) is 0 Å². The van der Waals surface area contributed by atoms with Gasteiger partial charge in [-0.15, -0.1) is 0 Å². The highest BCUT2D eigenvalue weighted by molar-refractivity contribution is 6.02. The van der Waals surface area contributed by atoms with Crippen molar-refractivity contribution in [3.8, 4) is 5.75 Å². The average molecular weight is 544 g/mol. The molecule has 0 unspecified atom stereocenters. The molecular formula is C29H33N7O4. The first-order valence-electron chi connectivity index (χ1n) is 13.2. The van der Waals surface area contributed by atoms with Crippen LogP contribution in [0.2, 0.25) is 0 Å². The summed E-state index contributed by atoms with van der Waals surface area (Å²) in [5, 5.41) is 8.05. The number of aromatic nitrogens is 2. The summed E-state index contributed by atoms with van der Waals surface area (Å²) < 4.78 is 5.73. The number of piperazine rings is 1. The van der Waals surface area contributed by atoms with E-state index in [1.807, 2.05) is 46.4 Å². The number of amides is 2. The molecule has 2 saturated heterocycles. The molecule has 2 amide bonds. The Balaban J connectivity index is 1.42. The molecule has 0 aliphatic carbocycles. The van der Waals surface area contributed by atoms with Crippen LogP contribution >= 0.6 is 0 Å². The number of hydroxylamine groups is 1. The van der Waals surface area contributed by atoms with Gasteiger partial charge in [-0.1, -0.05) is 36.9 Å². The minimum atomic E-state index is -0.331. The second-order valence-corrected chi connectivity index (χ2v) is 9.52. The van der Waals surface area contributed by atoms with Crippen LogP contribution in [0, 0.1) is 0 Å². The first-order chi connectivity index (χ1) is 19.5. The largest absolute Gasteiger partial charge is 0.494 e. The number of carbonyl (C=O) groups excluding carboxylic acids is 2. The average Bonchev–Trinajstić information content (AvgIpc) is 3.48. The van der Waals surface area contributed by atoms with Crippen molar-refractivity contribution in [1.29, 1.82) is 0 Å². The van der Waals surface area contributed by atoms with Crippen molar-refractivity contribution >= 4 is 40.5 Å². The highest BCUT2D eigenvalue weighted by Crippen LogP contribution is 2.40. The molecule has 0 spiro atoms. The Labute approximate surface area is 233 Å². The highest BCUT2D eigenvalue weighted by atomic mass is 16.7. The van der Waals surface area contributed by atoms with Gasteiger partial charge in [0, 0.05) is 51.7 Å². The molecule has 2 aliphatic heterocycles. The molecule has 2 aliphatic rings. The van der Waals surface area contributed by atoms with Crippen molar-refractivity contribution in [2.75, 3.05) is 60.5 Å². The Bertz CT molecular complexity index is 1380. The fraction of sp³-hybridized carbons (Fsp3) is 0.310. The number of hydrogen-bond acceptors (Lipinski definition) is 9. The minimum absolute atomic E-state index is 0.0435. The Hall–Kier alpha value is -4.64. The van der Waals surface area contributed by atoms with E-state index in [9.17, 15) is 9.59 Å². The Morgan fingerprint density at radius 2 is 1.85 bits per heavy atom. The predicted octanol–water partition coefficient (Wildman–Crippen LogP) is 3.90. The van der Waals surface area contributed by atoms with Crippen LogP contribution in [0.5, 0.6) is 5.75 Å². The van der Waals surface area contributed by atoms with E-state index in [1.165, 1.54) is 12.4 Å². The molecule has 0 saturated carbocycles. The van der Waals surface area contributed by atoms with Crippen LogP contribution in [0.1, 0.15) is 24.9 Å². The van der Waals surface area contributed by atoms with Crippen LogP contribution in [-0.2, 0) is 14.4 Å². The van der Waals surface area contributed by atoms with Crippen molar-refractivity contribution in [3.05, 3.63) is 73.1 Å². The number of rotatable bonds is 8.